The molecular formula is C17H19F2N3O2. The van der Waals surface area contributed by atoms with Gasteiger partial charge in [0.1, 0.15) is 17.2 Å². The maximum atomic E-state index is 14.1. The Balaban J connectivity index is 1.89. The van der Waals surface area contributed by atoms with Gasteiger partial charge in [-0.25, -0.2) is 13.6 Å². The van der Waals surface area contributed by atoms with Gasteiger partial charge in [-0.15, -0.1) is 0 Å². The van der Waals surface area contributed by atoms with Crippen LogP contribution in [0.1, 0.15) is 26.5 Å². The second-order valence-corrected chi connectivity index (χ2v) is 6.75. The zero-order valence-electron chi connectivity index (χ0n) is 13.8. The van der Waals surface area contributed by atoms with E-state index in [4.69, 9.17) is 4.74 Å². The minimum Gasteiger partial charge on any atom is -0.444 e. The summed E-state index contributed by atoms with van der Waals surface area (Å²) in [6, 6.07) is 3.43. The van der Waals surface area contributed by atoms with Crippen LogP contribution in [0.4, 0.5) is 13.6 Å². The number of carbonyl (C=O) groups is 1. The number of nitrogens with zero attached hydrogens (tertiary/aromatic N) is 3. The first-order valence-electron chi connectivity index (χ1n) is 7.72. The number of rotatable bonds is 1. The topological polar surface area (TPSA) is 47.4 Å². The highest BCUT2D eigenvalue weighted by molar-refractivity contribution is 5.70. The molecule has 0 aliphatic carbocycles. The maximum absolute atomic E-state index is 14.1. The fraction of sp³-hybridized carbons (Fsp3) is 0.412. The van der Waals surface area contributed by atoms with E-state index in [2.05, 4.69) is 5.10 Å². The molecule has 128 valence electrons. The minimum atomic E-state index is -0.653. The molecule has 0 radical (unpaired) electrons. The van der Waals surface area contributed by atoms with Crippen molar-refractivity contribution in [2.75, 3.05) is 6.54 Å². The summed E-state index contributed by atoms with van der Waals surface area (Å²) in [5.74, 6) is -1.28. The second kappa shape index (κ2) is 5.89. The summed E-state index contributed by atoms with van der Waals surface area (Å²) in [4.78, 5) is 13.8. The van der Waals surface area contributed by atoms with E-state index in [1.807, 2.05) is 0 Å². The number of fused-ring (bicyclic) bond motifs is 1. The second-order valence-electron chi connectivity index (χ2n) is 6.75. The number of ether oxygens (including phenoxy) is 1. The minimum absolute atomic E-state index is 0.265. The number of carbonyl (C=O) groups excluding carboxylic acids is 1. The van der Waals surface area contributed by atoms with E-state index >= 15 is 0 Å². The van der Waals surface area contributed by atoms with E-state index in [0.29, 0.717) is 24.3 Å². The van der Waals surface area contributed by atoms with E-state index in [0.717, 1.165) is 6.07 Å². The molecule has 0 unspecified atom stereocenters. The number of hydrogen-bond acceptors (Lipinski definition) is 3. The highest BCUT2D eigenvalue weighted by Crippen LogP contribution is 2.29. The monoisotopic (exact) mass is 335 g/mol. The molecule has 0 fully saturated rings. The Hall–Kier alpha value is -2.44. The molecular weight excluding hydrogens is 316 g/mol. The lowest BCUT2D eigenvalue weighted by atomic mass is 10.0. The Morgan fingerprint density at radius 2 is 1.96 bits per heavy atom. The fourth-order valence-corrected chi connectivity index (χ4v) is 2.66. The van der Waals surface area contributed by atoms with Crippen molar-refractivity contribution in [1.29, 1.82) is 0 Å². The molecule has 2 heterocycles. The van der Waals surface area contributed by atoms with Crippen molar-refractivity contribution in [3.05, 3.63) is 41.7 Å². The van der Waals surface area contributed by atoms with Gasteiger partial charge < -0.3 is 9.64 Å². The van der Waals surface area contributed by atoms with Crippen LogP contribution in [-0.4, -0.2) is 32.9 Å². The number of aromatic nitrogens is 2. The van der Waals surface area contributed by atoms with Gasteiger partial charge in [-0.2, -0.15) is 5.10 Å². The van der Waals surface area contributed by atoms with Crippen LogP contribution in [0, 0.1) is 11.6 Å². The molecule has 3 rings (SSSR count). The van der Waals surface area contributed by atoms with Gasteiger partial charge in [-0.05, 0) is 32.9 Å². The molecule has 2 aromatic rings. The van der Waals surface area contributed by atoms with Crippen molar-refractivity contribution >= 4 is 6.09 Å². The van der Waals surface area contributed by atoms with Crippen LogP contribution in [0.2, 0.25) is 0 Å². The average molecular weight is 335 g/mol. The van der Waals surface area contributed by atoms with Crippen molar-refractivity contribution in [2.45, 2.75) is 39.5 Å². The Morgan fingerprint density at radius 1 is 1.21 bits per heavy atom. The van der Waals surface area contributed by atoms with Crippen LogP contribution >= 0.6 is 0 Å². The first-order valence-corrected chi connectivity index (χ1v) is 7.72. The predicted molar refractivity (Wildman–Crippen MR) is 84.2 cm³/mol. The molecule has 1 amide bonds. The van der Waals surface area contributed by atoms with Crippen LogP contribution in [-0.2, 0) is 17.8 Å². The Labute approximate surface area is 138 Å². The summed E-state index contributed by atoms with van der Waals surface area (Å²) in [5.41, 5.74) is 0.947. The molecule has 0 saturated heterocycles. The van der Waals surface area contributed by atoms with Crippen LogP contribution in [0.5, 0.6) is 0 Å². The molecule has 0 saturated carbocycles. The van der Waals surface area contributed by atoms with Crippen molar-refractivity contribution in [3.8, 4) is 11.1 Å². The third-order valence-corrected chi connectivity index (χ3v) is 3.74. The van der Waals surface area contributed by atoms with Crippen molar-refractivity contribution in [2.24, 2.45) is 0 Å². The number of halogens is 2. The van der Waals surface area contributed by atoms with Gasteiger partial charge in [0.2, 0.25) is 0 Å². The predicted octanol–water partition coefficient (Wildman–Crippen LogP) is 3.58. The zero-order chi connectivity index (χ0) is 17.5. The van der Waals surface area contributed by atoms with Crippen LogP contribution < -0.4 is 0 Å². The Morgan fingerprint density at radius 3 is 2.62 bits per heavy atom. The number of amides is 1. The summed E-state index contributed by atoms with van der Waals surface area (Å²) in [6.07, 6.45) is 1.13. The first-order chi connectivity index (χ1) is 11.2. The highest BCUT2D eigenvalue weighted by Gasteiger charge is 2.28. The third kappa shape index (κ3) is 3.25. The van der Waals surface area contributed by atoms with Gasteiger partial charge in [0.25, 0.3) is 0 Å². The zero-order valence-corrected chi connectivity index (χ0v) is 13.8. The average Bonchev–Trinajstić information content (AvgIpc) is 2.88. The van der Waals surface area contributed by atoms with E-state index in [1.165, 1.54) is 12.1 Å². The number of hydrogen-bond donors (Lipinski definition) is 0. The number of benzene rings is 1. The summed E-state index contributed by atoms with van der Waals surface area (Å²) < 4.78 is 34.3. The molecule has 1 aromatic heterocycles. The van der Waals surface area contributed by atoms with Crippen molar-refractivity contribution < 1.29 is 18.3 Å². The van der Waals surface area contributed by atoms with Gasteiger partial charge in [-0.1, -0.05) is 0 Å². The molecule has 7 heteroatoms. The molecule has 0 bridgehead atoms. The SMILES string of the molecule is CC(C)(C)OC(=O)N1CCn2ncc(-c3ccc(F)cc3F)c2C1. The van der Waals surface area contributed by atoms with Gasteiger partial charge in [-0.3, -0.25) is 4.68 Å². The lowest BCUT2D eigenvalue weighted by molar-refractivity contribution is 0.0195. The fourth-order valence-electron chi connectivity index (χ4n) is 2.66. The Kier molecular flexibility index (Phi) is 4.03. The molecule has 1 aromatic carbocycles. The van der Waals surface area contributed by atoms with Crippen molar-refractivity contribution in [3.63, 3.8) is 0 Å². The smallest absolute Gasteiger partial charge is 0.410 e. The maximum Gasteiger partial charge on any atom is 0.410 e. The lowest BCUT2D eigenvalue weighted by Crippen LogP contribution is -2.41. The molecule has 0 N–H and O–H groups in total. The van der Waals surface area contributed by atoms with E-state index < -0.39 is 23.3 Å². The first kappa shape index (κ1) is 16.4. The summed E-state index contributed by atoms with van der Waals surface area (Å²) in [5, 5.41) is 4.24. The van der Waals surface area contributed by atoms with Gasteiger partial charge >= 0.3 is 6.09 Å². The largest absolute Gasteiger partial charge is 0.444 e. The molecule has 1 aliphatic heterocycles. The van der Waals surface area contributed by atoms with E-state index in [-0.39, 0.29) is 12.1 Å². The van der Waals surface area contributed by atoms with Crippen LogP contribution in [0.25, 0.3) is 11.1 Å². The Bertz CT molecular complexity index is 781. The van der Waals surface area contributed by atoms with Gasteiger partial charge in [0, 0.05) is 23.7 Å². The molecule has 0 spiro atoms. The quantitative estimate of drug-likeness (QED) is 0.800. The van der Waals surface area contributed by atoms with Crippen LogP contribution in [0.15, 0.2) is 24.4 Å². The summed E-state index contributed by atoms with van der Waals surface area (Å²) in [7, 11) is 0. The lowest BCUT2D eigenvalue weighted by Gasteiger charge is -2.30. The standard InChI is InChI=1S/C17H19F2N3O2/c1-17(2,3)24-16(23)21-6-7-22-15(10-21)13(9-20-22)12-5-4-11(18)8-14(12)19/h4-5,8-9H,6-7,10H2,1-3H3. The molecule has 0 atom stereocenters. The van der Waals surface area contributed by atoms with Gasteiger partial charge in [0.15, 0.2) is 0 Å². The van der Waals surface area contributed by atoms with Crippen molar-refractivity contribution in [1.82, 2.24) is 14.7 Å². The normalized spacial score (nSPS) is 14.5. The highest BCUT2D eigenvalue weighted by atomic mass is 19.1. The molecule has 1 aliphatic rings. The molecule has 5 nitrogen and oxygen atoms in total. The van der Waals surface area contributed by atoms with E-state index in [9.17, 15) is 13.6 Å². The molecule has 24 heavy (non-hydrogen) atoms. The van der Waals surface area contributed by atoms with Gasteiger partial charge in [0.05, 0.1) is 25.0 Å². The van der Waals surface area contributed by atoms with E-state index in [1.54, 1.807) is 36.5 Å². The summed E-state index contributed by atoms with van der Waals surface area (Å²) in [6.45, 7) is 6.64. The van der Waals surface area contributed by atoms with Crippen LogP contribution in [0.3, 0.4) is 0 Å². The summed E-state index contributed by atoms with van der Waals surface area (Å²) >= 11 is 0. The third-order valence-electron chi connectivity index (χ3n) is 3.74.